The van der Waals surface area contributed by atoms with Crippen LogP contribution in [-0.4, -0.2) is 49.7 Å². The number of nitrogens with zero attached hydrogens (tertiary/aromatic N) is 2. The van der Waals surface area contributed by atoms with Gasteiger partial charge in [-0.2, -0.15) is 4.31 Å². The van der Waals surface area contributed by atoms with Gasteiger partial charge in [-0.25, -0.2) is 8.42 Å². The summed E-state index contributed by atoms with van der Waals surface area (Å²) >= 11 is 11.9. The van der Waals surface area contributed by atoms with E-state index in [-0.39, 0.29) is 35.3 Å². The van der Waals surface area contributed by atoms with Gasteiger partial charge < -0.3 is 4.90 Å². The smallest absolute Gasteiger partial charge is 0.244 e. The van der Waals surface area contributed by atoms with Crippen LogP contribution in [0.1, 0.15) is 5.56 Å². The van der Waals surface area contributed by atoms with Crippen molar-refractivity contribution < 1.29 is 13.2 Å². The fourth-order valence-electron chi connectivity index (χ4n) is 2.86. The normalized spacial score (nSPS) is 15.8. The molecule has 1 saturated heterocycles. The molecule has 138 valence electrons. The van der Waals surface area contributed by atoms with E-state index in [4.69, 9.17) is 23.2 Å². The number of piperazine rings is 1. The Morgan fingerprint density at radius 3 is 2.15 bits per heavy atom. The Bertz CT molecular complexity index is 893. The molecule has 26 heavy (non-hydrogen) atoms. The number of sulfonamides is 1. The van der Waals surface area contributed by atoms with Crippen molar-refractivity contribution in [2.24, 2.45) is 0 Å². The van der Waals surface area contributed by atoms with Crippen molar-refractivity contribution in [1.82, 2.24) is 9.21 Å². The number of hydrogen-bond donors (Lipinski definition) is 0. The van der Waals surface area contributed by atoms with Gasteiger partial charge in [0.2, 0.25) is 15.9 Å². The maximum absolute atomic E-state index is 12.7. The average Bonchev–Trinajstić information content (AvgIpc) is 2.64. The first-order valence-corrected chi connectivity index (χ1v) is 10.3. The highest BCUT2D eigenvalue weighted by Gasteiger charge is 2.31. The van der Waals surface area contributed by atoms with Gasteiger partial charge in [-0.15, -0.1) is 0 Å². The van der Waals surface area contributed by atoms with Gasteiger partial charge in [0.05, 0.1) is 11.4 Å². The molecule has 0 radical (unpaired) electrons. The topological polar surface area (TPSA) is 57.7 Å². The molecule has 2 aromatic carbocycles. The number of benzene rings is 2. The lowest BCUT2D eigenvalue weighted by Crippen LogP contribution is -2.50. The first-order chi connectivity index (χ1) is 12.4. The Balaban J connectivity index is 1.62. The fraction of sp³-hybridized carbons (Fsp3) is 0.278. The summed E-state index contributed by atoms with van der Waals surface area (Å²) in [7, 11) is -3.66. The maximum atomic E-state index is 12.7. The number of rotatable bonds is 4. The zero-order chi connectivity index (χ0) is 18.7. The maximum Gasteiger partial charge on any atom is 0.244 e. The number of hydrogen-bond acceptors (Lipinski definition) is 3. The van der Waals surface area contributed by atoms with E-state index in [1.54, 1.807) is 35.2 Å². The second kappa shape index (κ2) is 7.96. The van der Waals surface area contributed by atoms with E-state index in [9.17, 15) is 13.2 Å². The average molecular weight is 413 g/mol. The first kappa shape index (κ1) is 19.2. The zero-order valence-corrected chi connectivity index (χ0v) is 16.3. The molecule has 5 nitrogen and oxygen atoms in total. The van der Waals surface area contributed by atoms with Crippen LogP contribution in [0.3, 0.4) is 0 Å². The Kier molecular flexibility index (Phi) is 5.87. The molecule has 0 saturated carbocycles. The van der Waals surface area contributed by atoms with Crippen molar-refractivity contribution in [2.45, 2.75) is 11.3 Å². The summed E-state index contributed by atoms with van der Waals surface area (Å²) in [6.07, 6.45) is 0.272. The molecule has 0 atom stereocenters. The van der Waals surface area contributed by atoms with Crippen LogP contribution in [0.5, 0.6) is 0 Å². The highest BCUT2D eigenvalue weighted by molar-refractivity contribution is 7.89. The summed E-state index contributed by atoms with van der Waals surface area (Å²) in [5.41, 5.74) is 0.880. The predicted molar refractivity (Wildman–Crippen MR) is 102 cm³/mol. The molecule has 0 unspecified atom stereocenters. The summed E-state index contributed by atoms with van der Waals surface area (Å²) in [6.45, 7) is 1.21. The van der Waals surface area contributed by atoms with Crippen LogP contribution < -0.4 is 0 Å². The predicted octanol–water partition coefficient (Wildman–Crippen LogP) is 3.07. The molecule has 1 aliphatic rings. The van der Waals surface area contributed by atoms with Crippen LogP contribution in [0, 0.1) is 0 Å². The van der Waals surface area contributed by atoms with Crippen LogP contribution >= 0.6 is 23.2 Å². The zero-order valence-electron chi connectivity index (χ0n) is 13.9. The molecule has 1 fully saturated rings. The molecule has 0 bridgehead atoms. The van der Waals surface area contributed by atoms with Gasteiger partial charge in [0, 0.05) is 31.2 Å². The lowest BCUT2D eigenvalue weighted by molar-refractivity contribution is -0.131. The molecule has 0 N–H and O–H groups in total. The third kappa shape index (κ3) is 4.20. The van der Waals surface area contributed by atoms with E-state index in [0.29, 0.717) is 18.1 Å². The Morgan fingerprint density at radius 2 is 1.54 bits per heavy atom. The summed E-state index contributed by atoms with van der Waals surface area (Å²) < 4.78 is 26.8. The van der Waals surface area contributed by atoms with Gasteiger partial charge in [0.1, 0.15) is 4.90 Å². The molecular weight excluding hydrogens is 395 g/mol. The van der Waals surface area contributed by atoms with Crippen molar-refractivity contribution in [2.75, 3.05) is 26.2 Å². The summed E-state index contributed by atoms with van der Waals surface area (Å²) in [5, 5.41) is 0.827. The molecule has 0 spiro atoms. The van der Waals surface area contributed by atoms with Crippen molar-refractivity contribution in [1.29, 1.82) is 0 Å². The quantitative estimate of drug-likeness (QED) is 0.774. The van der Waals surface area contributed by atoms with E-state index in [0.717, 1.165) is 5.56 Å². The molecule has 1 aliphatic heterocycles. The van der Waals surface area contributed by atoms with Crippen LogP contribution in [0.4, 0.5) is 0 Å². The van der Waals surface area contributed by atoms with Crippen LogP contribution in [0.25, 0.3) is 0 Å². The standard InChI is InChI=1S/C18H18Cl2N2O3S/c19-15-7-5-14(6-8-15)13-18(23)21-9-11-22(12-10-21)26(24,25)17-4-2-1-3-16(17)20/h1-8H,9-13H2. The minimum Gasteiger partial charge on any atom is -0.340 e. The third-order valence-electron chi connectivity index (χ3n) is 4.31. The largest absolute Gasteiger partial charge is 0.340 e. The van der Waals surface area contributed by atoms with Crippen molar-refractivity contribution in [3.8, 4) is 0 Å². The lowest BCUT2D eigenvalue weighted by Gasteiger charge is -2.34. The molecule has 0 aromatic heterocycles. The number of carbonyl (C=O) groups is 1. The summed E-state index contributed by atoms with van der Waals surface area (Å²) in [5.74, 6) is -0.0258. The highest BCUT2D eigenvalue weighted by atomic mass is 35.5. The van der Waals surface area contributed by atoms with Gasteiger partial charge in [0.25, 0.3) is 0 Å². The molecule has 2 aromatic rings. The van der Waals surface area contributed by atoms with Gasteiger partial charge >= 0.3 is 0 Å². The van der Waals surface area contributed by atoms with E-state index < -0.39 is 10.0 Å². The van der Waals surface area contributed by atoms with Gasteiger partial charge in [0.15, 0.2) is 0 Å². The second-order valence-corrected chi connectivity index (χ2v) is 8.77. The van der Waals surface area contributed by atoms with Crippen molar-refractivity contribution in [3.63, 3.8) is 0 Å². The van der Waals surface area contributed by atoms with Crippen LogP contribution in [-0.2, 0) is 21.2 Å². The third-order valence-corrected chi connectivity index (χ3v) is 6.96. The molecular formula is C18H18Cl2N2O3S. The van der Waals surface area contributed by atoms with Gasteiger partial charge in [-0.3, -0.25) is 4.79 Å². The van der Waals surface area contributed by atoms with E-state index in [1.165, 1.54) is 10.4 Å². The Morgan fingerprint density at radius 1 is 0.923 bits per heavy atom. The van der Waals surface area contributed by atoms with Gasteiger partial charge in [-0.1, -0.05) is 47.5 Å². The highest BCUT2D eigenvalue weighted by Crippen LogP contribution is 2.25. The molecule has 0 aliphatic carbocycles. The minimum absolute atomic E-state index is 0.0258. The Labute approximate surface area is 163 Å². The van der Waals surface area contributed by atoms with E-state index >= 15 is 0 Å². The van der Waals surface area contributed by atoms with E-state index in [2.05, 4.69) is 0 Å². The molecule has 1 heterocycles. The first-order valence-electron chi connectivity index (χ1n) is 8.15. The SMILES string of the molecule is O=C(Cc1ccc(Cl)cc1)N1CCN(S(=O)(=O)c2ccccc2Cl)CC1. The lowest BCUT2D eigenvalue weighted by atomic mass is 10.1. The fourth-order valence-corrected chi connectivity index (χ4v) is 4.90. The van der Waals surface area contributed by atoms with Gasteiger partial charge in [-0.05, 0) is 29.8 Å². The monoisotopic (exact) mass is 412 g/mol. The Hall–Kier alpha value is -1.60. The van der Waals surface area contributed by atoms with Crippen molar-refractivity contribution >= 4 is 39.1 Å². The minimum atomic E-state index is -3.66. The summed E-state index contributed by atoms with van der Waals surface area (Å²) in [4.78, 5) is 14.2. The number of amides is 1. The number of halogens is 2. The second-order valence-electron chi connectivity index (χ2n) is 6.02. The van der Waals surface area contributed by atoms with E-state index in [1.807, 2.05) is 12.1 Å². The van der Waals surface area contributed by atoms with Crippen molar-refractivity contribution in [3.05, 3.63) is 64.1 Å². The van der Waals surface area contributed by atoms with Crippen LogP contribution in [0.2, 0.25) is 10.0 Å². The number of carbonyl (C=O) groups excluding carboxylic acids is 1. The van der Waals surface area contributed by atoms with Crippen LogP contribution in [0.15, 0.2) is 53.4 Å². The molecule has 8 heteroatoms. The summed E-state index contributed by atoms with van der Waals surface area (Å²) in [6, 6.07) is 13.5. The molecule has 3 rings (SSSR count). The molecule has 1 amide bonds.